The normalized spacial score (nSPS) is 16.4. The number of hydrogen-bond donors (Lipinski definition) is 1. The molecule has 2 amide bonds. The Morgan fingerprint density at radius 2 is 1.84 bits per heavy atom. The maximum atomic E-state index is 13.4. The zero-order valence-electron chi connectivity index (χ0n) is 18.1. The molecule has 1 unspecified atom stereocenters. The number of benzene rings is 2. The van der Waals surface area contributed by atoms with Crippen LogP contribution in [-0.4, -0.2) is 57.5 Å². The number of aromatic nitrogens is 2. The second kappa shape index (κ2) is 9.91. The standard InChI is InChI=1S/C24H27N5O2S/c1-2-12-28-13-14-29(22(30)16-21-26-27-24(25)32-21)20(23(28)31)15-18-10-6-7-11-19(18)17-8-4-3-5-9-17/h3-11,20H,2,12-16H2,1H3,(H2,25,27). The van der Waals surface area contributed by atoms with Crippen molar-refractivity contribution in [1.82, 2.24) is 20.0 Å². The van der Waals surface area contributed by atoms with E-state index in [1.165, 1.54) is 11.3 Å². The summed E-state index contributed by atoms with van der Waals surface area (Å²) in [4.78, 5) is 30.2. The van der Waals surface area contributed by atoms with E-state index in [1.54, 1.807) is 4.90 Å². The van der Waals surface area contributed by atoms with Gasteiger partial charge in [-0.15, -0.1) is 10.2 Å². The topological polar surface area (TPSA) is 92.4 Å². The first-order valence-electron chi connectivity index (χ1n) is 10.9. The van der Waals surface area contributed by atoms with Crippen LogP contribution < -0.4 is 5.73 Å². The Balaban J connectivity index is 1.63. The minimum atomic E-state index is -0.544. The summed E-state index contributed by atoms with van der Waals surface area (Å²) in [6, 6.07) is 17.7. The van der Waals surface area contributed by atoms with Gasteiger partial charge in [0.2, 0.25) is 16.9 Å². The van der Waals surface area contributed by atoms with Crippen molar-refractivity contribution in [3.8, 4) is 11.1 Å². The lowest BCUT2D eigenvalue weighted by molar-refractivity contribution is -0.151. The van der Waals surface area contributed by atoms with Crippen LogP contribution in [0.1, 0.15) is 23.9 Å². The van der Waals surface area contributed by atoms with E-state index in [1.807, 2.05) is 41.3 Å². The van der Waals surface area contributed by atoms with Gasteiger partial charge in [-0.1, -0.05) is 72.9 Å². The second-order valence-corrected chi connectivity index (χ2v) is 8.96. The van der Waals surface area contributed by atoms with Crippen molar-refractivity contribution in [2.24, 2.45) is 0 Å². The smallest absolute Gasteiger partial charge is 0.245 e. The first-order chi connectivity index (χ1) is 15.6. The fourth-order valence-corrected chi connectivity index (χ4v) is 4.80. The molecule has 1 aromatic heterocycles. The van der Waals surface area contributed by atoms with Crippen molar-refractivity contribution < 1.29 is 9.59 Å². The molecule has 1 aliphatic heterocycles. The molecule has 1 aliphatic rings. The Hall–Kier alpha value is -3.26. The molecule has 0 bridgehead atoms. The van der Waals surface area contributed by atoms with E-state index in [2.05, 4.69) is 35.3 Å². The average Bonchev–Trinajstić information content (AvgIpc) is 3.22. The van der Waals surface area contributed by atoms with Crippen molar-refractivity contribution in [3.05, 3.63) is 65.2 Å². The summed E-state index contributed by atoms with van der Waals surface area (Å²) in [7, 11) is 0. The van der Waals surface area contributed by atoms with Gasteiger partial charge in [0.1, 0.15) is 11.0 Å². The largest absolute Gasteiger partial charge is 0.374 e. The highest BCUT2D eigenvalue weighted by Crippen LogP contribution is 2.27. The Bertz CT molecular complexity index is 1080. The van der Waals surface area contributed by atoms with Gasteiger partial charge in [-0.25, -0.2) is 0 Å². The number of anilines is 1. The molecular weight excluding hydrogens is 422 g/mol. The van der Waals surface area contributed by atoms with Gasteiger partial charge in [0, 0.05) is 26.1 Å². The van der Waals surface area contributed by atoms with Crippen LogP contribution in [0.4, 0.5) is 5.13 Å². The second-order valence-electron chi connectivity index (χ2n) is 7.87. The number of amides is 2. The number of carbonyl (C=O) groups is 2. The predicted molar refractivity (Wildman–Crippen MR) is 126 cm³/mol. The minimum Gasteiger partial charge on any atom is -0.374 e. The van der Waals surface area contributed by atoms with Crippen LogP contribution in [0, 0.1) is 0 Å². The van der Waals surface area contributed by atoms with Crippen LogP contribution in [-0.2, 0) is 22.4 Å². The highest BCUT2D eigenvalue weighted by molar-refractivity contribution is 7.15. The van der Waals surface area contributed by atoms with Gasteiger partial charge in [0.15, 0.2) is 0 Å². The van der Waals surface area contributed by atoms with E-state index in [4.69, 9.17) is 5.73 Å². The lowest BCUT2D eigenvalue weighted by Gasteiger charge is -2.41. The van der Waals surface area contributed by atoms with E-state index in [-0.39, 0.29) is 18.2 Å². The first-order valence-corrected chi connectivity index (χ1v) is 11.7. The van der Waals surface area contributed by atoms with Gasteiger partial charge in [0.05, 0.1) is 6.42 Å². The van der Waals surface area contributed by atoms with Crippen LogP contribution >= 0.6 is 11.3 Å². The molecule has 1 atom stereocenters. The van der Waals surface area contributed by atoms with Gasteiger partial charge in [-0.05, 0) is 23.1 Å². The maximum absolute atomic E-state index is 13.4. The summed E-state index contributed by atoms with van der Waals surface area (Å²) in [5, 5.41) is 8.68. The molecule has 2 aromatic carbocycles. The average molecular weight is 450 g/mol. The van der Waals surface area contributed by atoms with Crippen LogP contribution in [0.2, 0.25) is 0 Å². The lowest BCUT2D eigenvalue weighted by Crippen LogP contribution is -2.59. The Kier molecular flexibility index (Phi) is 6.80. The number of piperazine rings is 1. The Morgan fingerprint density at radius 1 is 1.09 bits per heavy atom. The van der Waals surface area contributed by atoms with Gasteiger partial charge in [-0.3, -0.25) is 9.59 Å². The third-order valence-electron chi connectivity index (χ3n) is 5.70. The molecule has 2 N–H and O–H groups in total. The van der Waals surface area contributed by atoms with Gasteiger partial charge in [0.25, 0.3) is 0 Å². The SMILES string of the molecule is CCCN1CCN(C(=O)Cc2nnc(N)s2)C(Cc2ccccc2-c2ccccc2)C1=O. The molecule has 7 nitrogen and oxygen atoms in total. The number of carbonyl (C=O) groups excluding carboxylic acids is 2. The monoisotopic (exact) mass is 449 g/mol. The molecule has 1 saturated heterocycles. The summed E-state index contributed by atoms with van der Waals surface area (Å²) < 4.78 is 0. The van der Waals surface area contributed by atoms with Crippen molar-refractivity contribution in [2.45, 2.75) is 32.2 Å². The summed E-state index contributed by atoms with van der Waals surface area (Å²) >= 11 is 1.21. The fraction of sp³-hybridized carbons (Fsp3) is 0.333. The van der Waals surface area contributed by atoms with E-state index in [0.717, 1.165) is 23.1 Å². The number of hydrogen-bond acceptors (Lipinski definition) is 6. The van der Waals surface area contributed by atoms with Crippen LogP contribution in [0.3, 0.4) is 0 Å². The molecule has 0 radical (unpaired) electrons. The quantitative estimate of drug-likeness (QED) is 0.599. The Labute approximate surface area is 191 Å². The molecule has 166 valence electrons. The summed E-state index contributed by atoms with van der Waals surface area (Å²) in [6.07, 6.45) is 1.46. The van der Waals surface area contributed by atoms with Crippen LogP contribution in [0.5, 0.6) is 0 Å². The Morgan fingerprint density at radius 3 is 2.56 bits per heavy atom. The number of nitrogens with zero attached hydrogens (tertiary/aromatic N) is 4. The lowest BCUT2D eigenvalue weighted by atomic mass is 9.93. The summed E-state index contributed by atoms with van der Waals surface area (Å²) in [5.74, 6) is -0.112. The zero-order chi connectivity index (χ0) is 22.5. The molecule has 1 fully saturated rings. The summed E-state index contributed by atoms with van der Waals surface area (Å²) in [6.45, 7) is 3.82. The van der Waals surface area contributed by atoms with E-state index >= 15 is 0 Å². The maximum Gasteiger partial charge on any atom is 0.245 e. The van der Waals surface area contributed by atoms with Gasteiger partial charge in [-0.2, -0.15) is 0 Å². The van der Waals surface area contributed by atoms with Crippen molar-refractivity contribution in [3.63, 3.8) is 0 Å². The van der Waals surface area contributed by atoms with Crippen molar-refractivity contribution in [1.29, 1.82) is 0 Å². The molecule has 2 heterocycles. The third kappa shape index (κ3) is 4.80. The summed E-state index contributed by atoms with van der Waals surface area (Å²) in [5.41, 5.74) is 8.89. The number of rotatable bonds is 7. The fourth-order valence-electron chi connectivity index (χ4n) is 4.20. The van der Waals surface area contributed by atoms with E-state index < -0.39 is 6.04 Å². The van der Waals surface area contributed by atoms with Crippen LogP contribution in [0.25, 0.3) is 11.1 Å². The third-order valence-corrected chi connectivity index (χ3v) is 6.45. The molecule has 8 heteroatoms. The van der Waals surface area contributed by atoms with Gasteiger partial charge < -0.3 is 15.5 Å². The molecular formula is C24H27N5O2S. The minimum absolute atomic E-state index is 0.00564. The molecule has 0 aliphatic carbocycles. The molecule has 3 aromatic rings. The van der Waals surface area contributed by atoms with E-state index in [9.17, 15) is 9.59 Å². The number of nitrogens with two attached hydrogens (primary N) is 1. The predicted octanol–water partition coefficient (Wildman–Crippen LogP) is 3.02. The molecule has 32 heavy (non-hydrogen) atoms. The molecule has 0 spiro atoms. The van der Waals surface area contributed by atoms with E-state index in [0.29, 0.717) is 36.2 Å². The molecule has 0 saturated carbocycles. The molecule has 4 rings (SSSR count). The van der Waals surface area contributed by atoms with Crippen molar-refractivity contribution in [2.75, 3.05) is 25.4 Å². The highest BCUT2D eigenvalue weighted by Gasteiger charge is 2.37. The zero-order valence-corrected chi connectivity index (χ0v) is 18.9. The number of nitrogen functional groups attached to an aromatic ring is 1. The van der Waals surface area contributed by atoms with Gasteiger partial charge >= 0.3 is 0 Å². The highest BCUT2D eigenvalue weighted by atomic mass is 32.1. The first kappa shape index (κ1) is 22.0. The van der Waals surface area contributed by atoms with Crippen molar-refractivity contribution >= 4 is 28.3 Å². The van der Waals surface area contributed by atoms with Crippen LogP contribution in [0.15, 0.2) is 54.6 Å².